The third kappa shape index (κ3) is 11.7. The van der Waals surface area contributed by atoms with Gasteiger partial charge in [-0.25, -0.2) is 9.97 Å². The highest BCUT2D eigenvalue weighted by Gasteiger charge is 2.40. The number of carboxylic acids is 1. The first-order valence-electron chi connectivity index (χ1n) is 30.0. The third-order valence-electron chi connectivity index (χ3n) is 19.4. The Kier molecular flexibility index (Phi) is 15.9. The molecule has 6 fully saturated rings. The topological polar surface area (TPSA) is 118 Å². The number of anilines is 1. The summed E-state index contributed by atoms with van der Waals surface area (Å²) >= 11 is 6.60. The normalized spacial score (nSPS) is 26.3. The number of nitrogens with zero attached hydrogens (tertiary/aromatic N) is 4. The Morgan fingerprint density at radius 1 is 0.662 bits per heavy atom. The van der Waals surface area contributed by atoms with E-state index in [1.54, 1.807) is 0 Å². The van der Waals surface area contributed by atoms with Crippen LogP contribution in [0.15, 0.2) is 35.2 Å². The largest absolute Gasteiger partial charge is 0.480 e. The van der Waals surface area contributed by atoms with E-state index < -0.39 is 12.5 Å². The number of nitrogens with one attached hydrogen (secondary N) is 2. The number of carboxylic acid groups (broad SMARTS) is 1. The van der Waals surface area contributed by atoms with Gasteiger partial charge in [-0.1, -0.05) is 122 Å². The van der Waals surface area contributed by atoms with Gasteiger partial charge in [-0.3, -0.25) is 14.5 Å². The van der Waals surface area contributed by atoms with Crippen molar-refractivity contribution < 1.29 is 14.7 Å². The molecular weight excluding hydrogens is 989 g/mol. The zero-order valence-electron chi connectivity index (χ0n) is 46.9. The van der Waals surface area contributed by atoms with Crippen LogP contribution >= 0.6 is 24.0 Å². The molecular formula is C66H84N6O3S2. The number of hydrogen-bond acceptors (Lipinski definition) is 7. The van der Waals surface area contributed by atoms with E-state index in [0.717, 1.165) is 91.5 Å². The Labute approximate surface area is 468 Å². The number of allylic oxidation sites excluding steroid dienone is 1. The minimum Gasteiger partial charge on any atom is -0.480 e. The Hall–Kier alpha value is -4.92. The summed E-state index contributed by atoms with van der Waals surface area (Å²) in [4.78, 5) is 49.0. The third-order valence-corrected chi connectivity index (χ3v) is 20.8. The van der Waals surface area contributed by atoms with Gasteiger partial charge in [0.05, 0.1) is 50.0 Å². The van der Waals surface area contributed by atoms with Crippen molar-refractivity contribution >= 4 is 92.2 Å². The average molecular weight is 1070 g/mol. The summed E-state index contributed by atoms with van der Waals surface area (Å²) in [5, 5.41) is 9.35. The van der Waals surface area contributed by atoms with Gasteiger partial charge in [-0.15, -0.1) is 0 Å². The average Bonchev–Trinajstić information content (AvgIpc) is 4.30. The summed E-state index contributed by atoms with van der Waals surface area (Å²) in [7, 11) is 0. The predicted octanol–water partition coefficient (Wildman–Crippen LogP) is 16.8. The molecule has 0 spiro atoms. The highest BCUT2D eigenvalue weighted by molar-refractivity contribution is 8.26. The number of carbonyl (C=O) groups excluding carboxylic acids is 1. The Balaban J connectivity index is 1.05. The van der Waals surface area contributed by atoms with Gasteiger partial charge in [0.15, 0.2) is 0 Å². The van der Waals surface area contributed by atoms with Crippen LogP contribution < -0.4 is 4.90 Å². The van der Waals surface area contributed by atoms with Gasteiger partial charge in [-0.05, 0) is 192 Å². The maximum Gasteiger partial charge on any atom is 0.323 e. The van der Waals surface area contributed by atoms with Crippen LogP contribution in [-0.2, 0) is 9.59 Å². The molecule has 11 rings (SSSR count). The van der Waals surface area contributed by atoms with E-state index in [1.807, 2.05) is 6.08 Å². The molecule has 11 heteroatoms. The minimum absolute atomic E-state index is 0.188. The molecule has 3 aliphatic heterocycles. The number of carbonyl (C=O) groups is 2. The van der Waals surface area contributed by atoms with Crippen LogP contribution in [0.1, 0.15) is 234 Å². The fourth-order valence-electron chi connectivity index (χ4n) is 15.0. The van der Waals surface area contributed by atoms with Crippen molar-refractivity contribution in [3.8, 4) is 11.8 Å². The summed E-state index contributed by atoms with van der Waals surface area (Å²) in [6, 6.07) is 10.6. The van der Waals surface area contributed by atoms with Crippen LogP contribution in [0.3, 0.4) is 0 Å². The van der Waals surface area contributed by atoms with Crippen molar-refractivity contribution in [2.75, 3.05) is 11.4 Å². The quantitative estimate of drug-likeness (QED) is 0.0799. The van der Waals surface area contributed by atoms with E-state index in [0.29, 0.717) is 44.0 Å². The number of aliphatic carboxylic acids is 1. The summed E-state index contributed by atoms with van der Waals surface area (Å²) in [6.45, 7) is 14.3. The zero-order valence-corrected chi connectivity index (χ0v) is 48.6. The predicted molar refractivity (Wildman–Crippen MR) is 323 cm³/mol. The summed E-state index contributed by atoms with van der Waals surface area (Å²) in [6.07, 6.45) is 36.7. The van der Waals surface area contributed by atoms with Gasteiger partial charge in [0.2, 0.25) is 0 Å². The molecule has 9 nitrogen and oxygen atoms in total. The van der Waals surface area contributed by atoms with Gasteiger partial charge in [0, 0.05) is 40.2 Å². The molecule has 5 saturated carbocycles. The lowest BCUT2D eigenvalue weighted by Gasteiger charge is -2.48. The molecule has 8 aliphatic rings. The van der Waals surface area contributed by atoms with Gasteiger partial charge in [0.25, 0.3) is 5.91 Å². The lowest BCUT2D eigenvalue weighted by Crippen LogP contribution is -2.48. The number of fused-ring (bicyclic) bond motifs is 8. The van der Waals surface area contributed by atoms with E-state index in [-0.39, 0.29) is 17.7 Å². The first-order chi connectivity index (χ1) is 37.1. The van der Waals surface area contributed by atoms with Crippen LogP contribution in [0.25, 0.3) is 46.4 Å². The smallest absolute Gasteiger partial charge is 0.323 e. The van der Waals surface area contributed by atoms with Crippen LogP contribution in [-0.4, -0.2) is 64.8 Å². The summed E-state index contributed by atoms with van der Waals surface area (Å²) in [5.74, 6) is 8.82. The maximum absolute atomic E-state index is 13.1. The molecule has 3 aromatic heterocycles. The lowest BCUT2D eigenvalue weighted by molar-refractivity contribution is -0.140. The van der Waals surface area contributed by atoms with Gasteiger partial charge >= 0.3 is 5.97 Å². The Bertz CT molecular complexity index is 2910. The number of rotatable bonds is 8. The second-order valence-corrected chi connectivity index (χ2v) is 28.1. The molecule has 6 heterocycles. The molecule has 1 amide bonds. The minimum atomic E-state index is -1.06. The Morgan fingerprint density at radius 3 is 1.57 bits per heavy atom. The Morgan fingerprint density at radius 2 is 1.12 bits per heavy atom. The SMILES string of the molecule is CC(C)(C)C1CCC(N(c2c3ccc([nH]3)c(C3CCCCC3)c3nc(c(C#CC4CCC(C=C5SC(=S)N(CC(=O)O)C5=O)CC4)c4nc(c(C5CCCCC5)c5ccc2[nH]5)C=C4)C=C3)C2CCC(C(C)(C)C)CC2)CC1. The van der Waals surface area contributed by atoms with Gasteiger partial charge in [0.1, 0.15) is 10.9 Å². The van der Waals surface area contributed by atoms with Gasteiger partial charge in [-0.2, -0.15) is 0 Å². The van der Waals surface area contributed by atoms with E-state index >= 15 is 0 Å². The molecule has 5 aliphatic carbocycles. The van der Waals surface area contributed by atoms with Crippen LogP contribution in [0.4, 0.5) is 5.69 Å². The number of thioether (sulfide) groups is 1. The zero-order chi connectivity index (χ0) is 53.6. The fraction of sp³-hybridized carbons (Fsp3) is 0.591. The maximum atomic E-state index is 13.1. The second kappa shape index (κ2) is 22.7. The van der Waals surface area contributed by atoms with E-state index in [9.17, 15) is 14.7 Å². The van der Waals surface area contributed by atoms with Crippen molar-refractivity contribution in [2.24, 2.45) is 34.5 Å². The second-order valence-electron chi connectivity index (χ2n) is 26.4. The molecule has 3 N–H and O–H groups in total. The fourth-order valence-corrected chi connectivity index (χ4v) is 16.3. The molecule has 0 radical (unpaired) electrons. The highest BCUT2D eigenvalue weighted by atomic mass is 32.2. The van der Waals surface area contributed by atoms with E-state index in [2.05, 4.69) is 117 Å². The number of amides is 1. The van der Waals surface area contributed by atoms with E-state index in [1.165, 1.54) is 145 Å². The van der Waals surface area contributed by atoms with Crippen LogP contribution in [0.5, 0.6) is 0 Å². The number of aromatic amines is 2. The molecule has 408 valence electrons. The van der Waals surface area contributed by atoms with Crippen LogP contribution in [0, 0.1) is 46.3 Å². The van der Waals surface area contributed by atoms with Crippen molar-refractivity contribution in [2.45, 2.75) is 207 Å². The van der Waals surface area contributed by atoms with E-state index in [4.69, 9.17) is 22.2 Å². The molecule has 0 unspecified atom stereocenters. The number of thiocarbonyl (C=S) groups is 1. The highest BCUT2D eigenvalue weighted by Crippen LogP contribution is 2.48. The lowest BCUT2D eigenvalue weighted by atomic mass is 9.69. The molecule has 3 aromatic rings. The molecule has 1 saturated heterocycles. The molecule has 0 aromatic carbocycles. The molecule has 0 atom stereocenters. The number of hydrogen-bond donors (Lipinski definition) is 3. The van der Waals surface area contributed by atoms with Crippen molar-refractivity contribution in [3.05, 3.63) is 74.7 Å². The molecule has 8 bridgehead atoms. The van der Waals surface area contributed by atoms with Crippen LogP contribution in [0.2, 0.25) is 0 Å². The van der Waals surface area contributed by atoms with Crippen molar-refractivity contribution in [1.82, 2.24) is 24.8 Å². The monoisotopic (exact) mass is 1070 g/mol. The summed E-state index contributed by atoms with van der Waals surface area (Å²) in [5.41, 5.74) is 14.2. The molecule has 77 heavy (non-hydrogen) atoms. The first-order valence-corrected chi connectivity index (χ1v) is 31.2. The summed E-state index contributed by atoms with van der Waals surface area (Å²) < 4.78 is 0.313. The number of H-pyrrole nitrogens is 2. The number of aromatic nitrogens is 4. The first kappa shape index (κ1) is 54.1. The van der Waals surface area contributed by atoms with Crippen molar-refractivity contribution in [3.63, 3.8) is 0 Å². The van der Waals surface area contributed by atoms with Crippen molar-refractivity contribution in [1.29, 1.82) is 0 Å². The van der Waals surface area contributed by atoms with Gasteiger partial charge < -0.3 is 20.0 Å². The standard InChI is InChI=1S/C66H84N6O3S2/c1-65(2,3)45-22-26-47(27-23-45)72(48-28-24-46(25-29-48)66(4,5)6)62-56-37-35-54(69-56)60(43-13-9-7-10-14-43)52-33-31-50(67-52)49(51-32-34-53(68-51)61(44-15-11-8-12-16-44)55-36-38-57(62)70-55)30-21-41-17-19-42(20-18-41)39-58-63(75)71(40-59(73)74)64(76)77-58/h31-39,41-48,69-70H,7-20,22-29,40H2,1-6H3,(H,73,74).